The minimum Gasteiger partial charge on any atom is -0.0722 e. The fraction of sp³-hybridized carbons (Fsp3) is 0.833. The van der Waals surface area contributed by atoms with Crippen molar-refractivity contribution >= 4 is 8.80 Å². The average Bonchev–Trinajstić information content (AvgIpc) is 1.27. The Morgan fingerprint density at radius 1 is 1.29 bits per heavy atom. The van der Waals surface area contributed by atoms with Gasteiger partial charge in [0.1, 0.15) is 0 Å². The van der Waals surface area contributed by atoms with Crippen LogP contribution in [0.1, 0.15) is 13.8 Å². The molecule has 43 valence electrons. The minimum absolute atomic E-state index is 0.265. The molecule has 0 aliphatic carbocycles. The van der Waals surface area contributed by atoms with Crippen molar-refractivity contribution in [1.82, 2.24) is 0 Å². The smallest absolute Gasteiger partial charge is 0.0311 e. The van der Waals surface area contributed by atoms with Crippen molar-refractivity contribution in [2.24, 2.45) is 0 Å². The summed E-state index contributed by atoms with van der Waals surface area (Å²) in [4.78, 5) is 0. The highest BCUT2D eigenvalue weighted by Crippen LogP contribution is 2.05. The van der Waals surface area contributed by atoms with E-state index in [9.17, 15) is 0 Å². The average molecular weight is 115 g/mol. The van der Waals surface area contributed by atoms with Gasteiger partial charge in [0.25, 0.3) is 0 Å². The molecule has 0 spiro atoms. The molecular weight excluding hydrogens is 100 g/mol. The van der Waals surface area contributed by atoms with Crippen molar-refractivity contribution in [3.63, 3.8) is 0 Å². The lowest BCUT2D eigenvalue weighted by molar-refractivity contribution is 1.08. The van der Waals surface area contributed by atoms with Crippen LogP contribution in [0.3, 0.4) is 0 Å². The van der Waals surface area contributed by atoms with Gasteiger partial charge in [-0.1, -0.05) is 33.0 Å². The molecule has 1 radical (unpaired) electrons. The van der Waals surface area contributed by atoms with Crippen LogP contribution in [-0.2, 0) is 0 Å². The summed E-state index contributed by atoms with van der Waals surface area (Å²) in [7, 11) is -0.265. The van der Waals surface area contributed by atoms with Crippen molar-refractivity contribution in [3.05, 3.63) is 5.92 Å². The predicted octanol–water partition coefficient (Wildman–Crippen LogP) is 2.09. The molecule has 0 unspecified atom stereocenters. The van der Waals surface area contributed by atoms with E-state index in [2.05, 4.69) is 26.9 Å². The van der Waals surface area contributed by atoms with Crippen molar-refractivity contribution in [3.8, 4) is 0 Å². The quantitative estimate of drug-likeness (QED) is 0.483. The molecule has 0 heterocycles. The zero-order valence-electron chi connectivity index (χ0n) is 5.78. The first-order valence-corrected chi connectivity index (χ1v) is 6.04. The van der Waals surface area contributed by atoms with Crippen LogP contribution in [0.2, 0.25) is 19.1 Å². The topological polar surface area (TPSA) is 0 Å². The Labute approximate surface area is 48.5 Å². The molecule has 0 fully saturated rings. The summed E-state index contributed by atoms with van der Waals surface area (Å²) in [5.74, 6) is 1.60. The van der Waals surface area contributed by atoms with E-state index in [0.29, 0.717) is 0 Å². The zero-order valence-corrected chi connectivity index (χ0v) is 6.94. The molecule has 7 heavy (non-hydrogen) atoms. The molecule has 0 atom stereocenters. The van der Waals surface area contributed by atoms with Crippen LogP contribution >= 0.6 is 0 Å². The monoisotopic (exact) mass is 115 g/mol. The van der Waals surface area contributed by atoms with Crippen molar-refractivity contribution in [1.29, 1.82) is 0 Å². The molecule has 0 nitrogen and oxygen atoms in total. The maximum Gasteiger partial charge on any atom is 0.0311 e. The highest BCUT2D eigenvalue weighted by atomic mass is 28.3. The summed E-state index contributed by atoms with van der Waals surface area (Å²) in [6.45, 7) is 9.19. The van der Waals surface area contributed by atoms with E-state index >= 15 is 0 Å². The second-order valence-corrected chi connectivity index (χ2v) is 6.00. The summed E-state index contributed by atoms with van der Waals surface area (Å²) < 4.78 is 0. The molecule has 0 amide bonds. The van der Waals surface area contributed by atoms with Gasteiger partial charge < -0.3 is 0 Å². The van der Waals surface area contributed by atoms with Crippen molar-refractivity contribution in [2.45, 2.75) is 33.0 Å². The normalized spacial score (nSPS) is 11.1. The summed E-state index contributed by atoms with van der Waals surface area (Å²) in [6.07, 6.45) is 0. The van der Waals surface area contributed by atoms with E-state index in [4.69, 9.17) is 0 Å². The SMILES string of the molecule is C[C](C)C[SiH](C)C. The Kier molecular flexibility index (Phi) is 3.35. The molecule has 0 aromatic heterocycles. The van der Waals surface area contributed by atoms with Crippen LogP contribution in [0.25, 0.3) is 0 Å². The van der Waals surface area contributed by atoms with Gasteiger partial charge in [-0.15, -0.1) is 0 Å². The lowest BCUT2D eigenvalue weighted by atomic mass is 10.3. The van der Waals surface area contributed by atoms with E-state index in [1.807, 2.05) is 0 Å². The highest BCUT2D eigenvalue weighted by Gasteiger charge is 1.97. The van der Waals surface area contributed by atoms with Gasteiger partial charge in [-0.2, -0.15) is 0 Å². The lowest BCUT2D eigenvalue weighted by Gasteiger charge is -2.03. The van der Waals surface area contributed by atoms with Crippen LogP contribution in [0, 0.1) is 5.92 Å². The molecule has 0 aromatic rings. The van der Waals surface area contributed by atoms with Gasteiger partial charge >= 0.3 is 0 Å². The van der Waals surface area contributed by atoms with Gasteiger partial charge in [0.15, 0.2) is 0 Å². The van der Waals surface area contributed by atoms with E-state index < -0.39 is 0 Å². The van der Waals surface area contributed by atoms with Crippen LogP contribution in [0.4, 0.5) is 0 Å². The van der Waals surface area contributed by atoms with Gasteiger partial charge in [-0.05, 0) is 5.92 Å². The van der Waals surface area contributed by atoms with Crippen LogP contribution < -0.4 is 0 Å². The first kappa shape index (κ1) is 7.22. The molecule has 0 bridgehead atoms. The Morgan fingerprint density at radius 2 is 1.71 bits per heavy atom. The highest BCUT2D eigenvalue weighted by molar-refractivity contribution is 6.56. The maximum absolute atomic E-state index is 2.38. The summed E-state index contributed by atoms with van der Waals surface area (Å²) in [5.41, 5.74) is 0. The van der Waals surface area contributed by atoms with E-state index in [0.717, 1.165) is 0 Å². The van der Waals surface area contributed by atoms with Gasteiger partial charge in [0, 0.05) is 8.80 Å². The maximum atomic E-state index is 2.38. The summed E-state index contributed by atoms with van der Waals surface area (Å²) >= 11 is 0. The first-order chi connectivity index (χ1) is 3.13. The second kappa shape index (κ2) is 3.25. The van der Waals surface area contributed by atoms with Crippen LogP contribution in [0.5, 0.6) is 0 Å². The fourth-order valence-corrected chi connectivity index (χ4v) is 2.45. The van der Waals surface area contributed by atoms with E-state index in [1.165, 1.54) is 6.04 Å². The van der Waals surface area contributed by atoms with E-state index in [1.54, 1.807) is 5.92 Å². The molecule has 1 heteroatoms. The molecular formula is C6H15Si. The van der Waals surface area contributed by atoms with Gasteiger partial charge in [0.2, 0.25) is 0 Å². The molecule has 0 saturated heterocycles. The Balaban J connectivity index is 2.95. The van der Waals surface area contributed by atoms with Gasteiger partial charge in [-0.3, -0.25) is 0 Å². The van der Waals surface area contributed by atoms with Crippen LogP contribution in [-0.4, -0.2) is 8.80 Å². The Hall–Kier alpha value is 0.217. The number of rotatable bonds is 2. The third-order valence-corrected chi connectivity index (χ3v) is 2.45. The second-order valence-electron chi connectivity index (χ2n) is 2.81. The fourth-order valence-electron chi connectivity index (χ4n) is 0.816. The van der Waals surface area contributed by atoms with Gasteiger partial charge in [0.05, 0.1) is 0 Å². The Bertz CT molecular complexity index is 33.4. The van der Waals surface area contributed by atoms with Gasteiger partial charge in [-0.25, -0.2) is 0 Å². The molecule has 0 aromatic carbocycles. The number of hydrogen-bond donors (Lipinski definition) is 0. The molecule has 0 saturated carbocycles. The third kappa shape index (κ3) is 6.22. The number of hydrogen-bond acceptors (Lipinski definition) is 0. The van der Waals surface area contributed by atoms with Crippen LogP contribution in [0.15, 0.2) is 0 Å². The molecule has 0 N–H and O–H groups in total. The van der Waals surface area contributed by atoms with E-state index in [-0.39, 0.29) is 8.80 Å². The zero-order chi connectivity index (χ0) is 5.86. The molecule has 0 aliphatic rings. The molecule has 0 rings (SSSR count). The third-order valence-electron chi connectivity index (χ3n) is 0.816. The largest absolute Gasteiger partial charge is 0.0722 e. The van der Waals surface area contributed by atoms with Crippen molar-refractivity contribution in [2.75, 3.05) is 0 Å². The predicted molar refractivity (Wildman–Crippen MR) is 38.3 cm³/mol. The lowest BCUT2D eigenvalue weighted by Crippen LogP contribution is -2.01. The summed E-state index contributed by atoms with van der Waals surface area (Å²) in [6, 6.07) is 1.42. The minimum atomic E-state index is -0.265. The summed E-state index contributed by atoms with van der Waals surface area (Å²) in [5, 5.41) is 0. The Morgan fingerprint density at radius 3 is 1.71 bits per heavy atom. The molecule has 0 aliphatic heterocycles. The standard InChI is InChI=1S/C6H15Si/c1-6(2)5-7(3)4/h7H,5H2,1-4H3. The first-order valence-electron chi connectivity index (χ1n) is 2.92. The van der Waals surface area contributed by atoms with Crippen molar-refractivity contribution < 1.29 is 0 Å².